The molecule has 1 saturated heterocycles. The number of aryl methyl sites for hydroxylation is 1. The lowest BCUT2D eigenvalue weighted by molar-refractivity contribution is 0.0635. The number of amides is 1. The summed E-state index contributed by atoms with van der Waals surface area (Å²) in [5.74, 6) is 6.07. The Morgan fingerprint density at radius 2 is 2.24 bits per heavy atom. The van der Waals surface area contributed by atoms with Crippen LogP contribution in [0.5, 0.6) is 0 Å². The molecule has 1 aromatic carbocycles. The third kappa shape index (κ3) is 3.86. The monoisotopic (exact) mass is 285 g/mol. The van der Waals surface area contributed by atoms with Gasteiger partial charge in [-0.25, -0.2) is 0 Å². The molecule has 1 aliphatic heterocycles. The summed E-state index contributed by atoms with van der Waals surface area (Å²) in [4.78, 5) is 14.6. The van der Waals surface area contributed by atoms with Crippen molar-refractivity contribution in [1.82, 2.24) is 4.90 Å². The first-order valence-corrected chi connectivity index (χ1v) is 7.65. The Hall–Kier alpha value is -1.79. The topological polar surface area (TPSA) is 40.5 Å². The van der Waals surface area contributed by atoms with Gasteiger partial charge in [0.25, 0.3) is 5.91 Å². The second-order valence-corrected chi connectivity index (χ2v) is 5.65. The summed E-state index contributed by atoms with van der Waals surface area (Å²) < 4.78 is 0. The number of nitrogens with zero attached hydrogens (tertiary/aromatic N) is 1. The van der Waals surface area contributed by atoms with Crippen LogP contribution in [0, 0.1) is 18.8 Å². The van der Waals surface area contributed by atoms with Crippen LogP contribution in [-0.2, 0) is 0 Å². The Balaban J connectivity index is 2.16. The van der Waals surface area contributed by atoms with Gasteiger partial charge in [0.05, 0.1) is 6.61 Å². The second kappa shape index (κ2) is 7.28. The van der Waals surface area contributed by atoms with E-state index in [1.807, 2.05) is 30.0 Å². The summed E-state index contributed by atoms with van der Waals surface area (Å²) in [6.07, 6.45) is 3.88. The molecule has 1 fully saturated rings. The van der Waals surface area contributed by atoms with E-state index in [1.54, 1.807) is 0 Å². The minimum Gasteiger partial charge on any atom is -0.395 e. The van der Waals surface area contributed by atoms with E-state index in [4.69, 9.17) is 5.11 Å². The number of aliphatic hydroxyl groups excluding tert-OH is 1. The smallest absolute Gasteiger partial charge is 0.254 e. The van der Waals surface area contributed by atoms with E-state index in [9.17, 15) is 4.79 Å². The lowest BCUT2D eigenvalue weighted by Gasteiger charge is -2.33. The molecule has 21 heavy (non-hydrogen) atoms. The van der Waals surface area contributed by atoms with E-state index in [-0.39, 0.29) is 12.5 Å². The van der Waals surface area contributed by atoms with Crippen molar-refractivity contribution in [3.63, 3.8) is 0 Å². The molecule has 0 aromatic heterocycles. The van der Waals surface area contributed by atoms with Crippen LogP contribution in [0.2, 0.25) is 0 Å². The van der Waals surface area contributed by atoms with Gasteiger partial charge in [-0.1, -0.05) is 11.8 Å². The lowest BCUT2D eigenvalue weighted by atomic mass is 10.0. The molecule has 1 atom stereocenters. The fourth-order valence-corrected chi connectivity index (χ4v) is 2.72. The predicted molar refractivity (Wildman–Crippen MR) is 84.1 cm³/mol. The van der Waals surface area contributed by atoms with Crippen molar-refractivity contribution in [2.24, 2.45) is 0 Å². The highest BCUT2D eigenvalue weighted by Gasteiger charge is 2.24. The highest BCUT2D eigenvalue weighted by atomic mass is 16.2. The first kappa shape index (κ1) is 15.6. The van der Waals surface area contributed by atoms with Gasteiger partial charge in [0.15, 0.2) is 0 Å². The third-order valence-corrected chi connectivity index (χ3v) is 4.00. The molecule has 0 aliphatic carbocycles. The van der Waals surface area contributed by atoms with Crippen LogP contribution in [0.4, 0.5) is 0 Å². The van der Waals surface area contributed by atoms with Gasteiger partial charge in [-0.05, 0) is 56.9 Å². The number of hydrogen-bond donors (Lipinski definition) is 1. The van der Waals surface area contributed by atoms with Crippen LogP contribution in [0.1, 0.15) is 54.1 Å². The third-order valence-electron chi connectivity index (χ3n) is 4.00. The zero-order valence-corrected chi connectivity index (χ0v) is 12.9. The number of likely N-dealkylation sites (tertiary alicyclic amines) is 1. The number of aliphatic hydroxyl groups is 1. The summed E-state index contributed by atoms with van der Waals surface area (Å²) in [5, 5.41) is 8.75. The fraction of sp³-hybridized carbons (Fsp3) is 0.500. The van der Waals surface area contributed by atoms with Gasteiger partial charge in [-0.3, -0.25) is 4.79 Å². The summed E-state index contributed by atoms with van der Waals surface area (Å²) in [7, 11) is 0. The van der Waals surface area contributed by atoms with Gasteiger partial charge in [-0.15, -0.1) is 0 Å². The zero-order chi connectivity index (χ0) is 15.2. The number of rotatable bonds is 2. The second-order valence-electron chi connectivity index (χ2n) is 5.65. The van der Waals surface area contributed by atoms with Gasteiger partial charge in [-0.2, -0.15) is 0 Å². The summed E-state index contributed by atoms with van der Waals surface area (Å²) in [5.41, 5.74) is 2.68. The molecule has 3 heteroatoms. The van der Waals surface area contributed by atoms with E-state index in [1.165, 1.54) is 6.42 Å². The largest absolute Gasteiger partial charge is 0.395 e. The van der Waals surface area contributed by atoms with Crippen molar-refractivity contribution in [3.05, 3.63) is 34.9 Å². The van der Waals surface area contributed by atoms with Crippen LogP contribution >= 0.6 is 0 Å². The van der Waals surface area contributed by atoms with Gasteiger partial charge in [0.2, 0.25) is 0 Å². The van der Waals surface area contributed by atoms with E-state index < -0.39 is 0 Å². The number of carbonyl (C=O) groups excluding carboxylic acids is 1. The minimum atomic E-state index is 0.0788. The number of carbonyl (C=O) groups is 1. The highest BCUT2D eigenvalue weighted by molar-refractivity contribution is 5.94. The molecule has 1 amide bonds. The molecular weight excluding hydrogens is 262 g/mol. The quantitative estimate of drug-likeness (QED) is 0.849. The molecule has 2 rings (SSSR count). The number of hydrogen-bond acceptors (Lipinski definition) is 2. The molecule has 1 unspecified atom stereocenters. The molecule has 1 N–H and O–H groups in total. The summed E-state index contributed by atoms with van der Waals surface area (Å²) in [6, 6.07) is 6.02. The van der Waals surface area contributed by atoms with Gasteiger partial charge in [0.1, 0.15) is 0 Å². The van der Waals surface area contributed by atoms with Gasteiger partial charge in [0, 0.05) is 30.1 Å². The first-order valence-electron chi connectivity index (χ1n) is 7.65. The standard InChI is InChI=1S/C18H23NO2/c1-14-13-17(10-9-16(14)8-4-6-12-20)18(21)19-11-5-3-7-15(19)2/h9-10,13,15,20H,3,5-7,11-12H2,1-2H3. The van der Waals surface area contributed by atoms with E-state index in [0.717, 1.165) is 36.1 Å². The number of piperidine rings is 1. The van der Waals surface area contributed by atoms with Gasteiger partial charge >= 0.3 is 0 Å². The average Bonchev–Trinajstić information content (AvgIpc) is 2.49. The van der Waals surface area contributed by atoms with E-state index in [2.05, 4.69) is 18.8 Å². The van der Waals surface area contributed by atoms with Crippen LogP contribution < -0.4 is 0 Å². The molecule has 0 spiro atoms. The van der Waals surface area contributed by atoms with Crippen molar-refractivity contribution in [1.29, 1.82) is 0 Å². The number of benzene rings is 1. The van der Waals surface area contributed by atoms with Crippen molar-refractivity contribution >= 4 is 5.91 Å². The maximum atomic E-state index is 12.6. The molecule has 1 aliphatic rings. The molecule has 0 bridgehead atoms. The lowest BCUT2D eigenvalue weighted by Crippen LogP contribution is -2.42. The Kier molecular flexibility index (Phi) is 5.41. The van der Waals surface area contributed by atoms with E-state index in [0.29, 0.717) is 12.5 Å². The molecule has 1 heterocycles. The SMILES string of the molecule is Cc1cc(C(=O)N2CCCCC2C)ccc1C#CCCO. The molecule has 0 saturated carbocycles. The molecule has 3 nitrogen and oxygen atoms in total. The first-order chi connectivity index (χ1) is 10.1. The van der Waals surface area contributed by atoms with Crippen molar-refractivity contribution in [2.75, 3.05) is 13.2 Å². The van der Waals surface area contributed by atoms with Crippen LogP contribution in [0.25, 0.3) is 0 Å². The Morgan fingerprint density at radius 3 is 2.90 bits per heavy atom. The summed E-state index contributed by atoms with van der Waals surface area (Å²) in [6.45, 7) is 5.03. The normalized spacial score (nSPS) is 18.0. The van der Waals surface area contributed by atoms with Crippen molar-refractivity contribution in [3.8, 4) is 11.8 Å². The molecule has 0 radical (unpaired) electrons. The van der Waals surface area contributed by atoms with Crippen LogP contribution in [-0.4, -0.2) is 35.1 Å². The average molecular weight is 285 g/mol. The van der Waals surface area contributed by atoms with Crippen LogP contribution in [0.15, 0.2) is 18.2 Å². The minimum absolute atomic E-state index is 0.0788. The van der Waals surface area contributed by atoms with Crippen LogP contribution in [0.3, 0.4) is 0 Å². The highest BCUT2D eigenvalue weighted by Crippen LogP contribution is 2.20. The zero-order valence-electron chi connectivity index (χ0n) is 12.9. The van der Waals surface area contributed by atoms with Crippen molar-refractivity contribution < 1.29 is 9.90 Å². The van der Waals surface area contributed by atoms with Gasteiger partial charge < -0.3 is 10.0 Å². The Morgan fingerprint density at radius 1 is 1.43 bits per heavy atom. The Bertz CT molecular complexity index is 568. The predicted octanol–water partition coefficient (Wildman–Crippen LogP) is 2.74. The summed E-state index contributed by atoms with van der Waals surface area (Å²) >= 11 is 0. The molecule has 1 aromatic rings. The fourth-order valence-electron chi connectivity index (χ4n) is 2.72. The molecular formula is C18H23NO2. The van der Waals surface area contributed by atoms with Crippen molar-refractivity contribution in [2.45, 2.75) is 45.6 Å². The maximum Gasteiger partial charge on any atom is 0.254 e. The molecule has 112 valence electrons. The maximum absolute atomic E-state index is 12.6. The van der Waals surface area contributed by atoms with E-state index >= 15 is 0 Å². The Labute approximate surface area is 127 Å².